The Morgan fingerprint density at radius 3 is 2.61 bits per heavy atom. The van der Waals surface area contributed by atoms with Crippen LogP contribution in [-0.4, -0.2) is 24.5 Å². The molecule has 0 bridgehead atoms. The van der Waals surface area contributed by atoms with E-state index in [4.69, 9.17) is 4.74 Å². The maximum atomic E-state index is 12.3. The van der Waals surface area contributed by atoms with Crippen molar-refractivity contribution in [2.24, 2.45) is 0 Å². The third-order valence-electron chi connectivity index (χ3n) is 4.52. The molecule has 0 aliphatic rings. The number of amides is 1. The maximum absolute atomic E-state index is 12.3. The van der Waals surface area contributed by atoms with Gasteiger partial charge in [0.2, 0.25) is 0 Å². The van der Waals surface area contributed by atoms with Gasteiger partial charge in [-0.2, -0.15) is 0 Å². The van der Waals surface area contributed by atoms with Crippen LogP contribution in [0.15, 0.2) is 72.9 Å². The Hall–Kier alpha value is -3.34. The van der Waals surface area contributed by atoms with Crippen LogP contribution in [0.25, 0.3) is 0 Å². The first kappa shape index (κ1) is 19.4. The number of carbonyl (C=O) groups is 1. The highest BCUT2D eigenvalue weighted by molar-refractivity contribution is 5.94. The first-order valence-corrected chi connectivity index (χ1v) is 9.34. The molecule has 28 heavy (non-hydrogen) atoms. The van der Waals surface area contributed by atoms with Crippen LogP contribution in [0.3, 0.4) is 0 Å². The molecular formula is C23H25N3O2. The number of anilines is 1. The monoisotopic (exact) mass is 375 g/mol. The summed E-state index contributed by atoms with van der Waals surface area (Å²) in [4.78, 5) is 16.7. The molecule has 0 aliphatic heterocycles. The van der Waals surface area contributed by atoms with Crippen LogP contribution < -0.4 is 15.4 Å². The van der Waals surface area contributed by atoms with Gasteiger partial charge in [0, 0.05) is 18.8 Å². The lowest BCUT2D eigenvalue weighted by molar-refractivity contribution is 0.0954. The summed E-state index contributed by atoms with van der Waals surface area (Å²) in [5.74, 6) is 1.43. The number of ether oxygens (including phenoxy) is 1. The number of rotatable bonds is 8. The predicted octanol–water partition coefficient (Wildman–Crippen LogP) is 4.24. The van der Waals surface area contributed by atoms with Crippen LogP contribution in [0.1, 0.15) is 34.5 Å². The Bertz CT molecular complexity index is 895. The fourth-order valence-electron chi connectivity index (χ4n) is 2.91. The second-order valence-electron chi connectivity index (χ2n) is 6.57. The van der Waals surface area contributed by atoms with E-state index >= 15 is 0 Å². The number of nitrogens with zero attached hydrogens (tertiary/aromatic N) is 1. The molecule has 0 saturated carbocycles. The fraction of sp³-hybridized carbons (Fsp3) is 0.217. The van der Waals surface area contributed by atoms with Gasteiger partial charge in [-0.1, -0.05) is 42.5 Å². The molecule has 0 radical (unpaired) electrons. The highest BCUT2D eigenvalue weighted by Crippen LogP contribution is 2.17. The quantitative estimate of drug-likeness (QED) is 0.618. The summed E-state index contributed by atoms with van der Waals surface area (Å²) in [6.45, 7) is 2.63. The van der Waals surface area contributed by atoms with Crippen molar-refractivity contribution in [3.8, 4) is 5.75 Å². The van der Waals surface area contributed by atoms with Crippen molar-refractivity contribution in [3.63, 3.8) is 0 Å². The Morgan fingerprint density at radius 2 is 1.89 bits per heavy atom. The Kier molecular flexibility index (Phi) is 6.63. The minimum absolute atomic E-state index is 0.127. The standard InChI is InChI=1S/C23H25N3O2/c1-17(19-8-4-3-5-9-19)26-22-12-11-20(16-25-22)23(27)24-14-13-18-7-6-10-21(15-18)28-2/h3-12,15-17H,13-14H2,1-2H3,(H,24,27)(H,25,26). The van der Waals surface area contributed by atoms with E-state index in [0.29, 0.717) is 12.1 Å². The van der Waals surface area contributed by atoms with E-state index in [-0.39, 0.29) is 11.9 Å². The molecule has 0 spiro atoms. The van der Waals surface area contributed by atoms with Crippen LogP contribution in [0, 0.1) is 0 Å². The highest BCUT2D eigenvalue weighted by Gasteiger charge is 2.08. The summed E-state index contributed by atoms with van der Waals surface area (Å²) in [6.07, 6.45) is 2.34. The largest absolute Gasteiger partial charge is 0.497 e. The van der Waals surface area contributed by atoms with Crippen LogP contribution >= 0.6 is 0 Å². The zero-order valence-electron chi connectivity index (χ0n) is 16.2. The summed E-state index contributed by atoms with van der Waals surface area (Å²) < 4.78 is 5.22. The van der Waals surface area contributed by atoms with Crippen molar-refractivity contribution < 1.29 is 9.53 Å². The smallest absolute Gasteiger partial charge is 0.252 e. The second-order valence-corrected chi connectivity index (χ2v) is 6.57. The molecule has 0 aliphatic carbocycles. The molecule has 1 heterocycles. The lowest BCUT2D eigenvalue weighted by Gasteiger charge is -2.15. The van der Waals surface area contributed by atoms with Gasteiger partial charge in [0.05, 0.1) is 12.7 Å². The molecule has 0 fully saturated rings. The molecule has 1 aromatic heterocycles. The van der Waals surface area contributed by atoms with Gasteiger partial charge in [0.25, 0.3) is 5.91 Å². The van der Waals surface area contributed by atoms with Gasteiger partial charge in [-0.15, -0.1) is 0 Å². The van der Waals surface area contributed by atoms with E-state index in [2.05, 4.69) is 34.7 Å². The maximum Gasteiger partial charge on any atom is 0.252 e. The van der Waals surface area contributed by atoms with Crippen molar-refractivity contribution in [1.29, 1.82) is 0 Å². The van der Waals surface area contributed by atoms with Gasteiger partial charge in [-0.25, -0.2) is 4.98 Å². The highest BCUT2D eigenvalue weighted by atomic mass is 16.5. The molecule has 3 rings (SSSR count). The first-order valence-electron chi connectivity index (χ1n) is 9.34. The number of nitrogens with one attached hydrogen (secondary N) is 2. The first-order chi connectivity index (χ1) is 13.7. The minimum atomic E-state index is -0.127. The molecule has 3 aromatic rings. The zero-order chi connectivity index (χ0) is 19.8. The van der Waals surface area contributed by atoms with Gasteiger partial charge >= 0.3 is 0 Å². The van der Waals surface area contributed by atoms with Crippen molar-refractivity contribution >= 4 is 11.7 Å². The Balaban J connectivity index is 1.50. The third kappa shape index (κ3) is 5.33. The average Bonchev–Trinajstić information content (AvgIpc) is 2.75. The third-order valence-corrected chi connectivity index (χ3v) is 4.52. The van der Waals surface area contributed by atoms with E-state index in [9.17, 15) is 4.79 Å². The number of hydrogen-bond acceptors (Lipinski definition) is 4. The average molecular weight is 375 g/mol. The lowest BCUT2D eigenvalue weighted by Crippen LogP contribution is -2.25. The molecule has 2 aromatic carbocycles. The fourth-order valence-corrected chi connectivity index (χ4v) is 2.91. The van der Waals surface area contributed by atoms with Crippen LogP contribution in [0.5, 0.6) is 5.75 Å². The SMILES string of the molecule is COc1cccc(CCNC(=O)c2ccc(NC(C)c3ccccc3)nc2)c1. The van der Waals surface area contributed by atoms with E-state index in [1.165, 1.54) is 5.56 Å². The summed E-state index contributed by atoms with van der Waals surface area (Å²) in [7, 11) is 1.65. The van der Waals surface area contributed by atoms with Crippen molar-refractivity contribution in [1.82, 2.24) is 10.3 Å². The number of aromatic nitrogens is 1. The van der Waals surface area contributed by atoms with Crippen LogP contribution in [-0.2, 0) is 6.42 Å². The summed E-state index contributed by atoms with van der Waals surface area (Å²) in [6, 6.07) is 21.8. The molecule has 1 unspecified atom stereocenters. The molecule has 5 nitrogen and oxygen atoms in total. The normalized spacial score (nSPS) is 11.5. The predicted molar refractivity (Wildman–Crippen MR) is 112 cm³/mol. The van der Waals surface area contributed by atoms with Crippen molar-refractivity contribution in [3.05, 3.63) is 89.6 Å². The molecule has 144 valence electrons. The van der Waals surface area contributed by atoms with Crippen LogP contribution in [0.2, 0.25) is 0 Å². The van der Waals surface area contributed by atoms with Crippen LogP contribution in [0.4, 0.5) is 5.82 Å². The Labute approximate surface area is 165 Å². The summed E-state index contributed by atoms with van der Waals surface area (Å²) in [5.41, 5.74) is 2.85. The van der Waals surface area contributed by atoms with E-state index in [0.717, 1.165) is 23.6 Å². The van der Waals surface area contributed by atoms with Gasteiger partial charge < -0.3 is 15.4 Å². The molecule has 1 amide bonds. The van der Waals surface area contributed by atoms with E-state index < -0.39 is 0 Å². The van der Waals surface area contributed by atoms with Gasteiger partial charge in [-0.3, -0.25) is 4.79 Å². The van der Waals surface area contributed by atoms with Crippen molar-refractivity contribution in [2.45, 2.75) is 19.4 Å². The van der Waals surface area contributed by atoms with E-state index in [1.54, 1.807) is 19.4 Å². The summed E-state index contributed by atoms with van der Waals surface area (Å²) >= 11 is 0. The molecule has 2 N–H and O–H groups in total. The topological polar surface area (TPSA) is 63.2 Å². The van der Waals surface area contributed by atoms with E-state index in [1.807, 2.05) is 48.5 Å². The minimum Gasteiger partial charge on any atom is -0.497 e. The number of hydrogen-bond donors (Lipinski definition) is 2. The Morgan fingerprint density at radius 1 is 1.07 bits per heavy atom. The molecule has 0 saturated heterocycles. The van der Waals surface area contributed by atoms with Gasteiger partial charge in [0.15, 0.2) is 0 Å². The number of methoxy groups -OCH3 is 1. The number of benzene rings is 2. The zero-order valence-corrected chi connectivity index (χ0v) is 16.2. The molecule has 5 heteroatoms. The van der Waals surface area contributed by atoms with Gasteiger partial charge in [0.1, 0.15) is 11.6 Å². The van der Waals surface area contributed by atoms with Crippen molar-refractivity contribution in [2.75, 3.05) is 19.0 Å². The molecular weight excluding hydrogens is 350 g/mol. The molecule has 1 atom stereocenters. The number of pyridine rings is 1. The van der Waals surface area contributed by atoms with Gasteiger partial charge in [-0.05, 0) is 48.7 Å². The summed E-state index contributed by atoms with van der Waals surface area (Å²) in [5, 5.41) is 6.28. The number of carbonyl (C=O) groups excluding carboxylic acids is 1. The lowest BCUT2D eigenvalue weighted by atomic mass is 10.1. The second kappa shape index (κ2) is 9.55.